The van der Waals surface area contributed by atoms with E-state index < -0.39 is 0 Å². The maximum atomic E-state index is 12.0. The van der Waals surface area contributed by atoms with Gasteiger partial charge in [-0.25, -0.2) is 0 Å². The van der Waals surface area contributed by atoms with Crippen molar-refractivity contribution >= 4 is 34.5 Å². The van der Waals surface area contributed by atoms with E-state index in [0.29, 0.717) is 25.3 Å². The molecule has 0 saturated carbocycles. The number of thioether (sulfide) groups is 1. The summed E-state index contributed by atoms with van der Waals surface area (Å²) >= 11 is 1.03. The van der Waals surface area contributed by atoms with Gasteiger partial charge in [0.05, 0.1) is 25.5 Å². The normalized spacial score (nSPS) is 21.2. The van der Waals surface area contributed by atoms with E-state index in [1.165, 1.54) is 4.90 Å². The molecule has 1 aromatic rings. The number of ether oxygens (including phenoxy) is 1. The number of imide groups is 1. The second-order valence-corrected chi connectivity index (χ2v) is 6.64. The number of nitrogens with one attached hydrogen (secondary N) is 2. The van der Waals surface area contributed by atoms with Crippen molar-refractivity contribution in [1.82, 2.24) is 10.2 Å². The topological polar surface area (TPSA) is 87.7 Å². The molecule has 1 aromatic carbocycles. The van der Waals surface area contributed by atoms with E-state index in [4.69, 9.17) is 4.74 Å². The fraction of sp³-hybridized carbons (Fsp3) is 0.438. The predicted molar refractivity (Wildman–Crippen MR) is 90.7 cm³/mol. The van der Waals surface area contributed by atoms with Crippen LogP contribution >= 0.6 is 11.8 Å². The van der Waals surface area contributed by atoms with Gasteiger partial charge in [0, 0.05) is 24.7 Å². The first-order valence-electron chi connectivity index (χ1n) is 7.79. The summed E-state index contributed by atoms with van der Waals surface area (Å²) in [5.41, 5.74) is 1.54. The Kier molecular flexibility index (Phi) is 5.49. The van der Waals surface area contributed by atoms with Crippen molar-refractivity contribution in [2.75, 3.05) is 30.8 Å². The number of hydrogen-bond donors (Lipinski definition) is 2. The fourth-order valence-electron chi connectivity index (χ4n) is 2.60. The van der Waals surface area contributed by atoms with Crippen molar-refractivity contribution in [2.24, 2.45) is 0 Å². The summed E-state index contributed by atoms with van der Waals surface area (Å²) < 4.78 is 5.33. The van der Waals surface area contributed by atoms with Gasteiger partial charge in [-0.05, 0) is 17.7 Å². The third kappa shape index (κ3) is 4.34. The number of benzene rings is 1. The Morgan fingerprint density at radius 3 is 2.75 bits per heavy atom. The number of carbonyl (C=O) groups is 3. The highest BCUT2D eigenvalue weighted by molar-refractivity contribution is 8.14. The van der Waals surface area contributed by atoms with E-state index in [-0.39, 0.29) is 35.4 Å². The van der Waals surface area contributed by atoms with E-state index in [1.54, 1.807) is 24.3 Å². The molecule has 1 unspecified atom stereocenters. The zero-order valence-corrected chi connectivity index (χ0v) is 13.9. The van der Waals surface area contributed by atoms with Crippen LogP contribution < -0.4 is 10.6 Å². The zero-order valence-electron chi connectivity index (χ0n) is 13.1. The van der Waals surface area contributed by atoms with Gasteiger partial charge in [-0.1, -0.05) is 23.9 Å². The second-order valence-electron chi connectivity index (χ2n) is 5.71. The molecule has 2 saturated heterocycles. The van der Waals surface area contributed by atoms with Gasteiger partial charge < -0.3 is 15.4 Å². The molecule has 24 heavy (non-hydrogen) atoms. The lowest BCUT2D eigenvalue weighted by molar-refractivity contribution is -0.125. The van der Waals surface area contributed by atoms with Crippen LogP contribution in [0.2, 0.25) is 0 Å². The zero-order chi connectivity index (χ0) is 16.9. The SMILES string of the molecule is O=C(CC1COCCN1)Nc1ccc(CN2C(=O)CSC2=O)cc1. The van der Waals surface area contributed by atoms with Crippen molar-refractivity contribution in [3.8, 4) is 0 Å². The molecule has 0 spiro atoms. The van der Waals surface area contributed by atoms with Crippen LogP contribution in [-0.4, -0.2) is 53.5 Å². The maximum Gasteiger partial charge on any atom is 0.289 e. The average molecular weight is 349 g/mol. The average Bonchev–Trinajstić information content (AvgIpc) is 2.89. The molecule has 2 aliphatic heterocycles. The summed E-state index contributed by atoms with van der Waals surface area (Å²) in [6.45, 7) is 2.25. The van der Waals surface area contributed by atoms with Gasteiger partial charge in [0.15, 0.2) is 0 Å². The monoisotopic (exact) mass is 349 g/mol. The summed E-state index contributed by atoms with van der Waals surface area (Å²) in [5.74, 6) is -0.0251. The van der Waals surface area contributed by atoms with Crippen LogP contribution in [0.4, 0.5) is 10.5 Å². The van der Waals surface area contributed by atoms with Crippen molar-refractivity contribution in [1.29, 1.82) is 0 Å². The Hall–Kier alpha value is -1.90. The van der Waals surface area contributed by atoms with E-state index in [0.717, 1.165) is 23.9 Å². The molecule has 8 heteroatoms. The van der Waals surface area contributed by atoms with Gasteiger partial charge in [0.1, 0.15) is 0 Å². The molecule has 2 aliphatic rings. The Balaban J connectivity index is 1.51. The molecule has 0 aliphatic carbocycles. The number of morpholine rings is 1. The van der Waals surface area contributed by atoms with Crippen LogP contribution in [0.5, 0.6) is 0 Å². The number of anilines is 1. The lowest BCUT2D eigenvalue weighted by atomic mass is 10.1. The predicted octanol–water partition coefficient (Wildman–Crippen LogP) is 1.20. The lowest BCUT2D eigenvalue weighted by Crippen LogP contribution is -2.43. The Labute approximate surface area is 144 Å². The number of carbonyl (C=O) groups excluding carboxylic acids is 3. The lowest BCUT2D eigenvalue weighted by Gasteiger charge is -2.23. The highest BCUT2D eigenvalue weighted by atomic mass is 32.2. The highest BCUT2D eigenvalue weighted by Crippen LogP contribution is 2.21. The molecule has 3 amide bonds. The van der Waals surface area contributed by atoms with Crippen LogP contribution in [0.15, 0.2) is 24.3 Å². The van der Waals surface area contributed by atoms with Crippen molar-refractivity contribution in [3.05, 3.63) is 29.8 Å². The highest BCUT2D eigenvalue weighted by Gasteiger charge is 2.29. The molecule has 7 nitrogen and oxygen atoms in total. The summed E-state index contributed by atoms with van der Waals surface area (Å²) in [4.78, 5) is 36.5. The van der Waals surface area contributed by atoms with Crippen molar-refractivity contribution in [2.45, 2.75) is 19.0 Å². The number of rotatable bonds is 5. The van der Waals surface area contributed by atoms with Gasteiger partial charge in [0.2, 0.25) is 11.8 Å². The first-order chi connectivity index (χ1) is 11.6. The smallest absolute Gasteiger partial charge is 0.289 e. The van der Waals surface area contributed by atoms with Crippen LogP contribution in [-0.2, 0) is 20.9 Å². The van der Waals surface area contributed by atoms with Crippen molar-refractivity contribution in [3.63, 3.8) is 0 Å². The summed E-state index contributed by atoms with van der Waals surface area (Å²) in [6, 6.07) is 7.21. The summed E-state index contributed by atoms with van der Waals surface area (Å²) in [6.07, 6.45) is 0.357. The van der Waals surface area contributed by atoms with Crippen LogP contribution in [0, 0.1) is 0 Å². The van der Waals surface area contributed by atoms with Crippen LogP contribution in [0.3, 0.4) is 0 Å². The quantitative estimate of drug-likeness (QED) is 0.830. The van der Waals surface area contributed by atoms with Gasteiger partial charge in [0.25, 0.3) is 5.24 Å². The molecule has 2 heterocycles. The molecule has 0 aromatic heterocycles. The maximum absolute atomic E-state index is 12.0. The third-order valence-electron chi connectivity index (χ3n) is 3.85. The first-order valence-corrected chi connectivity index (χ1v) is 8.77. The number of nitrogens with zero attached hydrogens (tertiary/aromatic N) is 1. The molecule has 0 radical (unpaired) electrons. The van der Waals surface area contributed by atoms with Gasteiger partial charge in [-0.3, -0.25) is 19.3 Å². The molecule has 0 bridgehead atoms. The van der Waals surface area contributed by atoms with Crippen molar-refractivity contribution < 1.29 is 19.1 Å². The molecular formula is C16H19N3O4S. The number of hydrogen-bond acceptors (Lipinski definition) is 6. The first kappa shape index (κ1) is 16.9. The van der Waals surface area contributed by atoms with E-state index in [1.807, 2.05) is 0 Å². The molecule has 128 valence electrons. The minimum atomic E-state index is -0.209. The number of amides is 3. The standard InChI is InChI=1S/C16H19N3O4S/c20-14(7-13-9-23-6-5-17-13)18-12-3-1-11(2-4-12)8-19-15(21)10-24-16(19)22/h1-4,13,17H,5-10H2,(H,18,20). The van der Waals surface area contributed by atoms with Gasteiger partial charge in [-0.15, -0.1) is 0 Å². The summed E-state index contributed by atoms with van der Waals surface area (Å²) in [5, 5.41) is 5.87. The Morgan fingerprint density at radius 2 is 2.12 bits per heavy atom. The van der Waals surface area contributed by atoms with E-state index in [2.05, 4.69) is 10.6 Å². The summed E-state index contributed by atoms with van der Waals surface area (Å²) in [7, 11) is 0. The molecule has 3 rings (SSSR count). The molecule has 1 atom stereocenters. The third-order valence-corrected chi connectivity index (χ3v) is 4.71. The largest absolute Gasteiger partial charge is 0.378 e. The Morgan fingerprint density at radius 1 is 1.33 bits per heavy atom. The molecular weight excluding hydrogens is 330 g/mol. The van der Waals surface area contributed by atoms with Crippen LogP contribution in [0.1, 0.15) is 12.0 Å². The minimum absolute atomic E-state index is 0.0442. The second kappa shape index (κ2) is 7.78. The van der Waals surface area contributed by atoms with E-state index in [9.17, 15) is 14.4 Å². The van der Waals surface area contributed by atoms with E-state index >= 15 is 0 Å². The van der Waals surface area contributed by atoms with Crippen LogP contribution in [0.25, 0.3) is 0 Å². The molecule has 2 N–H and O–H groups in total. The molecule has 2 fully saturated rings. The fourth-order valence-corrected chi connectivity index (χ4v) is 3.32. The van der Waals surface area contributed by atoms with Gasteiger partial charge >= 0.3 is 0 Å². The Bertz CT molecular complexity index is 613. The minimum Gasteiger partial charge on any atom is -0.378 e. The van der Waals surface area contributed by atoms with Gasteiger partial charge in [-0.2, -0.15) is 0 Å².